The molecule has 0 saturated carbocycles. The van der Waals surface area contributed by atoms with Crippen molar-refractivity contribution in [2.45, 2.75) is 19.4 Å². The Bertz CT molecular complexity index is 221. The van der Waals surface area contributed by atoms with Crippen molar-refractivity contribution in [1.82, 2.24) is 10.2 Å². The zero-order chi connectivity index (χ0) is 10.8. The van der Waals surface area contributed by atoms with Gasteiger partial charge >= 0.3 is 6.98 Å². The van der Waals surface area contributed by atoms with Crippen LogP contribution in [0.15, 0.2) is 0 Å². The van der Waals surface area contributed by atoms with Crippen LogP contribution in [-0.4, -0.2) is 43.4 Å². The molecule has 0 aromatic heterocycles. The Morgan fingerprint density at radius 3 is 2.71 bits per heavy atom. The summed E-state index contributed by atoms with van der Waals surface area (Å²) in [6.07, 6.45) is -0.524. The molecule has 0 aliphatic carbocycles. The van der Waals surface area contributed by atoms with Crippen LogP contribution in [-0.2, 0) is 4.79 Å². The molecule has 1 aliphatic heterocycles. The molecule has 1 atom stereocenters. The number of halogens is 3. The van der Waals surface area contributed by atoms with Crippen molar-refractivity contribution in [3.63, 3.8) is 0 Å². The van der Waals surface area contributed by atoms with Gasteiger partial charge in [0.05, 0.1) is 6.04 Å². The minimum Gasteiger partial charge on any atom is -0.448 e. The van der Waals surface area contributed by atoms with Crippen LogP contribution in [0.25, 0.3) is 0 Å². The van der Waals surface area contributed by atoms with E-state index >= 15 is 0 Å². The third-order valence-corrected chi connectivity index (χ3v) is 2.27. The van der Waals surface area contributed by atoms with E-state index in [0.29, 0.717) is 13.0 Å². The van der Waals surface area contributed by atoms with Crippen molar-refractivity contribution in [3.8, 4) is 0 Å². The third kappa shape index (κ3) is 2.90. The van der Waals surface area contributed by atoms with Gasteiger partial charge in [0.2, 0.25) is 5.91 Å². The quantitative estimate of drug-likeness (QED) is 0.689. The highest BCUT2D eigenvalue weighted by molar-refractivity contribution is 6.58. The summed E-state index contributed by atoms with van der Waals surface area (Å²) in [6, 6.07) is -0.618. The number of amides is 1. The van der Waals surface area contributed by atoms with Crippen molar-refractivity contribution < 1.29 is 17.7 Å². The Labute approximate surface area is 80.7 Å². The van der Waals surface area contributed by atoms with Crippen LogP contribution < -0.4 is 5.32 Å². The first kappa shape index (κ1) is 11.4. The molecule has 7 heteroatoms. The lowest BCUT2D eigenvalue weighted by Gasteiger charge is -2.37. The van der Waals surface area contributed by atoms with Gasteiger partial charge in [-0.2, -0.15) is 0 Å². The molecule has 1 unspecified atom stereocenters. The highest BCUT2D eigenvalue weighted by Gasteiger charge is 2.34. The maximum Gasteiger partial charge on any atom is 0.492 e. The molecule has 3 nitrogen and oxygen atoms in total. The molecule has 1 N–H and O–H groups in total. The lowest BCUT2D eigenvalue weighted by Crippen LogP contribution is -2.57. The summed E-state index contributed by atoms with van der Waals surface area (Å²) in [7, 11) is 0. The van der Waals surface area contributed by atoms with Crippen molar-refractivity contribution in [2.24, 2.45) is 0 Å². The molecule has 0 bridgehead atoms. The zero-order valence-corrected chi connectivity index (χ0v) is 7.97. The van der Waals surface area contributed by atoms with Crippen LogP contribution in [0.3, 0.4) is 0 Å². The van der Waals surface area contributed by atoms with Gasteiger partial charge in [0.25, 0.3) is 0 Å². The van der Waals surface area contributed by atoms with Gasteiger partial charge in [0.1, 0.15) is 0 Å². The Morgan fingerprint density at radius 1 is 1.57 bits per heavy atom. The van der Waals surface area contributed by atoms with E-state index in [1.54, 1.807) is 6.92 Å². The Hall–Kier alpha value is -0.715. The van der Waals surface area contributed by atoms with Gasteiger partial charge in [0.15, 0.2) is 0 Å². The number of nitrogens with one attached hydrogen (secondary N) is 1. The predicted octanol–water partition coefficient (Wildman–Crippen LogP) is 0.583. The Kier molecular flexibility index (Phi) is 3.41. The lowest BCUT2D eigenvalue weighted by molar-refractivity contribution is -0.128. The first-order valence-corrected chi connectivity index (χ1v) is 4.67. The Morgan fingerprint density at radius 2 is 2.21 bits per heavy atom. The standard InChI is InChI=1S/C7H13BF3N2O/c1-2-6-7(14)12-3-4-13(6)5-8(9,10)11/h6H,2-5H2,1H3,(H,12,14)/q-1. The maximum atomic E-state index is 12.2. The average Bonchev–Trinajstić information content (AvgIpc) is 2.01. The van der Waals surface area contributed by atoms with E-state index in [9.17, 15) is 17.7 Å². The third-order valence-electron chi connectivity index (χ3n) is 2.27. The molecule has 1 amide bonds. The molecule has 82 valence electrons. The van der Waals surface area contributed by atoms with Crippen LogP contribution in [0.1, 0.15) is 13.3 Å². The monoisotopic (exact) mass is 209 g/mol. The van der Waals surface area contributed by atoms with Crippen molar-refractivity contribution in [1.29, 1.82) is 0 Å². The SMILES string of the molecule is CCC1C(=O)NCCN1C[B-](F)(F)F. The summed E-state index contributed by atoms with van der Waals surface area (Å²) < 4.78 is 36.5. The van der Waals surface area contributed by atoms with Gasteiger partial charge in [-0.3, -0.25) is 4.79 Å². The second kappa shape index (κ2) is 4.21. The minimum atomic E-state index is -4.84. The first-order valence-electron chi connectivity index (χ1n) is 4.67. The fourth-order valence-electron chi connectivity index (χ4n) is 1.69. The Balaban J connectivity index is 2.61. The van der Waals surface area contributed by atoms with E-state index in [1.807, 2.05) is 0 Å². The van der Waals surface area contributed by atoms with Gasteiger partial charge in [-0.05, 0) is 12.9 Å². The molecular formula is C7H13BF3N2O-. The number of hydrogen-bond donors (Lipinski definition) is 1. The summed E-state index contributed by atoms with van der Waals surface area (Å²) >= 11 is 0. The molecule has 0 aromatic rings. The van der Waals surface area contributed by atoms with E-state index in [4.69, 9.17) is 0 Å². The highest BCUT2D eigenvalue weighted by atomic mass is 19.4. The van der Waals surface area contributed by atoms with Crippen LogP contribution in [0, 0.1) is 0 Å². The molecule has 0 aromatic carbocycles. The maximum absolute atomic E-state index is 12.2. The van der Waals surface area contributed by atoms with Crippen LogP contribution in [0.4, 0.5) is 12.9 Å². The highest BCUT2D eigenvalue weighted by Crippen LogP contribution is 2.15. The largest absolute Gasteiger partial charge is 0.492 e. The number of nitrogens with zero attached hydrogens (tertiary/aromatic N) is 1. The van der Waals surface area contributed by atoms with Crippen LogP contribution in [0.2, 0.25) is 0 Å². The first-order chi connectivity index (χ1) is 6.44. The molecule has 1 fully saturated rings. The van der Waals surface area contributed by atoms with E-state index in [-0.39, 0.29) is 12.5 Å². The molecule has 1 rings (SSSR count). The number of hydrogen-bond acceptors (Lipinski definition) is 2. The van der Waals surface area contributed by atoms with E-state index in [0.717, 1.165) is 0 Å². The number of piperazine rings is 1. The lowest BCUT2D eigenvalue weighted by atomic mass is 9.89. The average molecular weight is 209 g/mol. The van der Waals surface area contributed by atoms with Gasteiger partial charge in [-0.1, -0.05) is 6.92 Å². The second-order valence-corrected chi connectivity index (χ2v) is 3.42. The van der Waals surface area contributed by atoms with E-state index < -0.39 is 19.5 Å². The fourth-order valence-corrected chi connectivity index (χ4v) is 1.69. The summed E-state index contributed by atoms with van der Waals surface area (Å²) in [6.45, 7) is -2.54. The molecule has 1 saturated heterocycles. The summed E-state index contributed by atoms with van der Waals surface area (Å²) in [5, 5.41) is 2.56. The molecule has 0 radical (unpaired) electrons. The second-order valence-electron chi connectivity index (χ2n) is 3.42. The zero-order valence-electron chi connectivity index (χ0n) is 7.97. The van der Waals surface area contributed by atoms with Gasteiger partial charge in [-0.15, -0.1) is 0 Å². The topological polar surface area (TPSA) is 32.3 Å². The normalized spacial score (nSPS) is 24.9. The van der Waals surface area contributed by atoms with Crippen molar-refractivity contribution in [3.05, 3.63) is 0 Å². The van der Waals surface area contributed by atoms with Crippen LogP contribution in [0.5, 0.6) is 0 Å². The van der Waals surface area contributed by atoms with Gasteiger partial charge < -0.3 is 23.2 Å². The summed E-state index contributed by atoms with van der Waals surface area (Å²) in [4.78, 5) is 12.4. The molecule has 0 spiro atoms. The molecular weight excluding hydrogens is 196 g/mol. The number of carbonyl (C=O) groups excluding carboxylic acids is 1. The van der Waals surface area contributed by atoms with E-state index in [1.165, 1.54) is 4.90 Å². The van der Waals surface area contributed by atoms with E-state index in [2.05, 4.69) is 5.32 Å². The van der Waals surface area contributed by atoms with Crippen molar-refractivity contribution in [2.75, 3.05) is 19.5 Å². The van der Waals surface area contributed by atoms with Gasteiger partial charge in [-0.25, -0.2) is 0 Å². The smallest absolute Gasteiger partial charge is 0.448 e. The van der Waals surface area contributed by atoms with Gasteiger partial charge in [0, 0.05) is 13.1 Å². The predicted molar refractivity (Wildman–Crippen MR) is 47.7 cm³/mol. The fraction of sp³-hybridized carbons (Fsp3) is 0.857. The molecule has 1 heterocycles. The molecule has 1 aliphatic rings. The summed E-state index contributed by atoms with van der Waals surface area (Å²) in [5.74, 6) is -0.293. The number of rotatable bonds is 3. The molecule has 14 heavy (non-hydrogen) atoms. The minimum absolute atomic E-state index is 0.283. The number of carbonyl (C=O) groups is 1. The van der Waals surface area contributed by atoms with Crippen LogP contribution >= 0.6 is 0 Å². The van der Waals surface area contributed by atoms with Crippen molar-refractivity contribution >= 4 is 12.9 Å². The summed E-state index contributed by atoms with van der Waals surface area (Å²) in [5.41, 5.74) is 0.